The van der Waals surface area contributed by atoms with Gasteiger partial charge in [-0.2, -0.15) is 0 Å². The third-order valence-electron chi connectivity index (χ3n) is 20.6. The van der Waals surface area contributed by atoms with E-state index < -0.39 is 143 Å². The molecule has 8 rings (SSSR count). The van der Waals surface area contributed by atoms with E-state index in [4.69, 9.17) is 63.2 Å². The number of primary amides is 6. The van der Waals surface area contributed by atoms with Gasteiger partial charge in [-0.15, -0.1) is 0 Å². The van der Waals surface area contributed by atoms with Crippen LogP contribution in [-0.2, 0) is 51.9 Å². The summed E-state index contributed by atoms with van der Waals surface area (Å²) in [7, 11) is -5.07. The Labute approximate surface area is 523 Å². The average molecular weight is 1270 g/mol. The number of aliphatic imine (C=N–C) groups is 3. The number of carbonyl (C=O) groups excluding carboxylic acids is 7. The summed E-state index contributed by atoms with van der Waals surface area (Å²) in [5, 5.41) is 28.2. The predicted molar refractivity (Wildman–Crippen MR) is 334 cm³/mol. The smallest absolute Gasteiger partial charge is 0.394 e. The van der Waals surface area contributed by atoms with Gasteiger partial charge in [-0.25, -0.2) is 9.55 Å². The molecule has 27 nitrogen and oxygen atoms in total. The highest BCUT2D eigenvalue weighted by Gasteiger charge is 2.66. The first-order chi connectivity index (χ1) is 41.8. The lowest BCUT2D eigenvalue weighted by molar-refractivity contribution is -0.124. The number of fused-ring (bicyclic) bond motifs is 7. The topological polar surface area (TPSA) is 460 Å². The zero-order valence-electron chi connectivity index (χ0n) is 53.3. The average Bonchev–Trinajstić information content (AvgIpc) is 1.53. The normalized spacial score (nSPS) is 34.2. The maximum Gasteiger partial charge on any atom is 0.472 e. The van der Waals surface area contributed by atoms with Crippen LogP contribution in [0.15, 0.2) is 67.8 Å². The fourth-order valence-electron chi connectivity index (χ4n) is 15.4. The van der Waals surface area contributed by atoms with E-state index in [0.29, 0.717) is 56.4 Å². The highest BCUT2D eigenvalue weighted by Crippen LogP contribution is 2.63. The Morgan fingerprint density at radius 1 is 0.800 bits per heavy atom. The number of hydrogen-bond acceptors (Lipinski definition) is 18. The van der Waals surface area contributed by atoms with Crippen LogP contribution in [0.25, 0.3) is 11.0 Å². The van der Waals surface area contributed by atoms with Crippen molar-refractivity contribution in [2.45, 2.75) is 189 Å². The van der Waals surface area contributed by atoms with Gasteiger partial charge >= 0.3 is 7.82 Å². The zero-order valence-corrected chi connectivity index (χ0v) is 54.1. The van der Waals surface area contributed by atoms with Gasteiger partial charge in [0.05, 0.1) is 41.7 Å². The molecule has 17 N–H and O–H groups in total. The van der Waals surface area contributed by atoms with Crippen molar-refractivity contribution in [2.24, 2.45) is 94.7 Å². The van der Waals surface area contributed by atoms with Crippen LogP contribution in [0, 0.1) is 59.2 Å². The van der Waals surface area contributed by atoms with Gasteiger partial charge in [-0.1, -0.05) is 34.6 Å². The number of hydrogen-bond donors (Lipinski definition) is 11. The van der Waals surface area contributed by atoms with E-state index in [2.05, 4.69) is 15.6 Å². The number of ether oxygens (including phenoxy) is 1. The standard InChI is InChI=1S/C62H90N13O14P/c1-29-20-39-40(21-30(29)2)75(28-70-39)57-52(84)53(41(27-76)87-57)89-90(85,86)88-31(3)26-69-49(83)18-19-59(8)37(22-46(66)80)56-62(11)61(10,25-48(68)82)36(14-17-45(65)79)51(74-62)33(5)55-60(9,24-47(67)81)34(12-15-43(63)77)38(71-55)23-42-58(6,7)35(13-16-44(64)78)50(72-42)32(4)54(59)73-56/h20-21,23,28,31,34-37,41,52-53,56-57,71,76,84H,12-19,22,24-27H2,1-11H3,(H2,63,77)(H2,64,78)(H2,65,79)(H2,66,80)(H2,67,81)(H2,68,82)(H,69,83)(H,85,86)/b38-23-,50-32-,55-33-/t31-,34-,35-,36-,37+,41-,52-,53-,56?,57-,59-,60+,61+,62-/m1/s1. The van der Waals surface area contributed by atoms with Crippen molar-refractivity contribution in [3.63, 3.8) is 0 Å². The molecule has 7 amide bonds. The number of benzene rings is 1. The Kier molecular flexibility index (Phi) is 19.6. The van der Waals surface area contributed by atoms with Gasteiger partial charge in [0.2, 0.25) is 41.4 Å². The number of phosphoric acid groups is 1. The van der Waals surface area contributed by atoms with Crippen LogP contribution in [0.5, 0.6) is 0 Å². The Morgan fingerprint density at radius 2 is 1.40 bits per heavy atom. The molecule has 2 unspecified atom stereocenters. The molecule has 1 aromatic carbocycles. The number of amides is 7. The lowest BCUT2D eigenvalue weighted by Gasteiger charge is -2.48. The van der Waals surface area contributed by atoms with Crippen molar-refractivity contribution in [3.8, 4) is 0 Å². The number of carbonyl (C=O) groups is 7. The van der Waals surface area contributed by atoms with E-state index in [9.17, 15) is 53.2 Å². The summed E-state index contributed by atoms with van der Waals surface area (Å²) in [5.41, 5.74) is 37.4. The predicted octanol–water partition coefficient (Wildman–Crippen LogP) is 3.16. The van der Waals surface area contributed by atoms with Crippen LogP contribution in [0.3, 0.4) is 0 Å². The molecular weight excluding hydrogens is 1180 g/mol. The van der Waals surface area contributed by atoms with Gasteiger partial charge in [-0.3, -0.25) is 57.6 Å². The molecule has 0 spiro atoms. The number of aromatic nitrogens is 2. The third kappa shape index (κ3) is 13.0. The van der Waals surface area contributed by atoms with E-state index in [-0.39, 0.29) is 77.2 Å². The second-order valence-corrected chi connectivity index (χ2v) is 28.4. The molecule has 6 aliphatic rings. The molecule has 0 aliphatic carbocycles. The molecule has 6 aliphatic heterocycles. The molecule has 2 saturated heterocycles. The van der Waals surface area contributed by atoms with E-state index >= 15 is 0 Å². The number of phosphoric ester groups is 1. The Balaban J connectivity index is 1.19. The van der Waals surface area contributed by atoms with Crippen LogP contribution >= 0.6 is 7.82 Å². The number of imidazole rings is 1. The molecule has 492 valence electrons. The van der Waals surface area contributed by atoms with E-state index in [1.807, 2.05) is 87.4 Å². The minimum Gasteiger partial charge on any atom is -0.394 e. The highest BCUT2D eigenvalue weighted by atomic mass is 31.2. The largest absolute Gasteiger partial charge is 0.472 e. The summed E-state index contributed by atoms with van der Waals surface area (Å²) < 4.78 is 32.3. The Hall–Kier alpha value is -7.00. The number of aryl methyl sites for hydroxylation is 2. The van der Waals surface area contributed by atoms with Gasteiger partial charge in [0.1, 0.15) is 18.3 Å². The van der Waals surface area contributed by atoms with Gasteiger partial charge < -0.3 is 69.4 Å². The maximum atomic E-state index is 14.4. The van der Waals surface area contributed by atoms with Crippen LogP contribution in [-0.4, -0.2) is 132 Å². The Bertz CT molecular complexity index is 3540. The number of nitrogens with zero attached hydrogens (tertiary/aromatic N) is 5. The van der Waals surface area contributed by atoms with Gasteiger partial charge in [0, 0.05) is 131 Å². The summed E-state index contributed by atoms with van der Waals surface area (Å²) in [6.45, 7) is 19.3. The SMILES string of the molecule is C/C1=C2N=C(/C=C3\N/C(=C(/C)C4=N[C@](C)(C5N=C1[C@](C)(CCC(=O)NC[C@@H](C)OP(=O)(O)O[C@H]1[C@@H](O)[C@H](n6cnc7cc(C)c(C)cc76)O[C@@H]1CO)[C@H]5CC(N)=O)[C@@](C)(CC(N)=O)[C@@H]4CCC(N)=O)[C@@](C)(CC(N)=O)[C@@H]3CCC(N)=O)C(C)(C)[C@@H]/2CCC(N)=O. The highest BCUT2D eigenvalue weighted by molar-refractivity contribution is 7.47. The van der Waals surface area contributed by atoms with Crippen molar-refractivity contribution in [3.05, 3.63) is 63.9 Å². The van der Waals surface area contributed by atoms with E-state index in [1.54, 1.807) is 4.57 Å². The van der Waals surface area contributed by atoms with Crippen molar-refractivity contribution >= 4 is 77.3 Å². The number of nitrogens with two attached hydrogens (primary N) is 6. The zero-order chi connectivity index (χ0) is 66.7. The molecule has 2 fully saturated rings. The second kappa shape index (κ2) is 25.6. The number of allylic oxidation sites excluding steroid dienone is 6. The fourth-order valence-corrected chi connectivity index (χ4v) is 16.6. The molecule has 90 heavy (non-hydrogen) atoms. The summed E-state index contributed by atoms with van der Waals surface area (Å²) in [6, 6.07) is 2.70. The first kappa shape index (κ1) is 68.9. The van der Waals surface area contributed by atoms with Crippen molar-refractivity contribution in [1.82, 2.24) is 20.2 Å². The first-order valence-electron chi connectivity index (χ1n) is 30.6. The monoisotopic (exact) mass is 1270 g/mol. The summed E-state index contributed by atoms with van der Waals surface area (Å²) in [6.07, 6.45) is -4.26. The van der Waals surface area contributed by atoms with Gasteiger partial charge in [0.15, 0.2) is 6.23 Å². The molecule has 7 heterocycles. The minimum atomic E-state index is -5.07. The number of aliphatic hydroxyl groups excluding tert-OH is 2. The lowest BCUT2D eigenvalue weighted by atomic mass is 9.55. The summed E-state index contributed by atoms with van der Waals surface area (Å²) in [4.78, 5) is 126. The second-order valence-electron chi connectivity index (χ2n) is 27.1. The van der Waals surface area contributed by atoms with E-state index in [1.165, 1.54) is 13.3 Å². The van der Waals surface area contributed by atoms with E-state index in [0.717, 1.165) is 11.1 Å². The third-order valence-corrected chi connectivity index (χ3v) is 21.7. The fraction of sp³-hybridized carbons (Fsp3) is 0.629. The van der Waals surface area contributed by atoms with Crippen molar-refractivity contribution in [1.29, 1.82) is 0 Å². The van der Waals surface area contributed by atoms with Gasteiger partial charge in [-0.05, 0) is 108 Å². The first-order valence-corrected chi connectivity index (χ1v) is 32.1. The minimum absolute atomic E-state index is 0.0114. The Morgan fingerprint density at radius 3 is 1.99 bits per heavy atom. The van der Waals surface area contributed by atoms with Crippen LogP contribution in [0.1, 0.15) is 150 Å². The number of aliphatic hydroxyl groups is 2. The molecule has 2 aromatic rings. The molecule has 0 saturated carbocycles. The van der Waals surface area contributed by atoms with Crippen molar-refractivity contribution < 1.29 is 67.0 Å². The van der Waals surface area contributed by atoms with Crippen LogP contribution in [0.2, 0.25) is 0 Å². The quantitative estimate of drug-likeness (QED) is 0.0603. The van der Waals surface area contributed by atoms with Crippen LogP contribution < -0.4 is 45.0 Å². The maximum absolute atomic E-state index is 14.4. The lowest BCUT2D eigenvalue weighted by Crippen LogP contribution is -2.56. The molecular formula is C62H90N13O14P. The number of rotatable bonds is 26. The summed E-state index contributed by atoms with van der Waals surface area (Å²) >= 11 is 0. The molecule has 8 bridgehead atoms. The van der Waals surface area contributed by atoms with Gasteiger partial charge in [0.25, 0.3) is 0 Å². The van der Waals surface area contributed by atoms with Crippen LogP contribution in [0.4, 0.5) is 0 Å². The molecule has 15 atom stereocenters. The summed E-state index contributed by atoms with van der Waals surface area (Å²) in [5.74, 6) is -7.18. The molecule has 28 heteroatoms. The molecule has 0 radical (unpaired) electrons. The van der Waals surface area contributed by atoms with Crippen molar-refractivity contribution in [2.75, 3.05) is 13.2 Å². The number of nitrogens with one attached hydrogen (secondary N) is 2. The molecule has 1 aromatic heterocycles.